The summed E-state index contributed by atoms with van der Waals surface area (Å²) in [4.78, 5) is 0. The molecule has 1 unspecified atom stereocenters. The molecule has 1 aliphatic rings. The summed E-state index contributed by atoms with van der Waals surface area (Å²) < 4.78 is 41.9. The van der Waals surface area contributed by atoms with Gasteiger partial charge in [0.05, 0.1) is 0 Å². The van der Waals surface area contributed by atoms with Crippen molar-refractivity contribution in [2.45, 2.75) is 37.4 Å². The second-order valence-electron chi connectivity index (χ2n) is 5.39. The van der Waals surface area contributed by atoms with Gasteiger partial charge in [-0.3, -0.25) is 0 Å². The van der Waals surface area contributed by atoms with E-state index in [4.69, 9.17) is 4.74 Å². The van der Waals surface area contributed by atoms with Gasteiger partial charge in [-0.05, 0) is 42.9 Å². The van der Waals surface area contributed by atoms with Gasteiger partial charge in [-0.15, -0.1) is 0 Å². The third kappa shape index (κ3) is 6.80. The molecule has 0 spiro atoms. The SMILES string of the molecule is FC(F)(F)COCCC(CNC1CC1)c1cccc(Br)c1. The van der Waals surface area contributed by atoms with E-state index in [0.717, 1.165) is 16.6 Å². The molecule has 1 aliphatic carbocycles. The maximum absolute atomic E-state index is 12.1. The van der Waals surface area contributed by atoms with Crippen LogP contribution in [0.2, 0.25) is 0 Å². The van der Waals surface area contributed by atoms with E-state index in [1.54, 1.807) is 0 Å². The molecule has 1 saturated carbocycles. The van der Waals surface area contributed by atoms with E-state index in [9.17, 15) is 13.2 Å². The Kier molecular flexibility index (Phi) is 6.08. The minimum absolute atomic E-state index is 0.114. The summed E-state index contributed by atoms with van der Waals surface area (Å²) >= 11 is 3.43. The molecule has 21 heavy (non-hydrogen) atoms. The average Bonchev–Trinajstić information content (AvgIpc) is 3.20. The van der Waals surface area contributed by atoms with E-state index in [-0.39, 0.29) is 12.5 Å². The van der Waals surface area contributed by atoms with E-state index in [0.29, 0.717) is 12.5 Å². The highest BCUT2D eigenvalue weighted by molar-refractivity contribution is 9.10. The van der Waals surface area contributed by atoms with E-state index < -0.39 is 12.8 Å². The van der Waals surface area contributed by atoms with Crippen LogP contribution in [0.5, 0.6) is 0 Å². The Morgan fingerprint density at radius 3 is 2.71 bits per heavy atom. The fourth-order valence-electron chi connectivity index (χ4n) is 2.16. The van der Waals surface area contributed by atoms with E-state index in [1.165, 1.54) is 12.8 Å². The number of halogens is 4. The standard InChI is InChI=1S/C15H19BrF3NO/c16-13-3-1-2-11(8-13)12(9-20-14-4-5-14)6-7-21-10-15(17,18)19/h1-3,8,12,14,20H,4-7,9-10H2. The zero-order chi connectivity index (χ0) is 15.3. The molecule has 1 aromatic carbocycles. The summed E-state index contributed by atoms with van der Waals surface area (Å²) in [5.41, 5.74) is 1.12. The monoisotopic (exact) mass is 365 g/mol. The first-order valence-electron chi connectivity index (χ1n) is 7.07. The third-order valence-electron chi connectivity index (χ3n) is 3.43. The Balaban J connectivity index is 1.85. The lowest BCUT2D eigenvalue weighted by Gasteiger charge is -2.19. The number of ether oxygens (including phenoxy) is 1. The summed E-state index contributed by atoms with van der Waals surface area (Å²) in [6.07, 6.45) is -1.30. The second-order valence-corrected chi connectivity index (χ2v) is 6.31. The fraction of sp³-hybridized carbons (Fsp3) is 0.600. The predicted octanol–water partition coefficient (Wildman–Crippen LogP) is 4.25. The molecule has 0 aliphatic heterocycles. The Bertz CT molecular complexity index is 449. The maximum atomic E-state index is 12.1. The summed E-state index contributed by atoms with van der Waals surface area (Å²) in [5, 5.41) is 3.44. The van der Waals surface area contributed by atoms with Gasteiger partial charge in [0, 0.05) is 23.7 Å². The van der Waals surface area contributed by atoms with Gasteiger partial charge in [0.25, 0.3) is 0 Å². The molecule has 0 radical (unpaired) electrons. The van der Waals surface area contributed by atoms with E-state index in [1.807, 2.05) is 24.3 Å². The van der Waals surface area contributed by atoms with E-state index >= 15 is 0 Å². The van der Waals surface area contributed by atoms with Gasteiger partial charge < -0.3 is 10.1 Å². The van der Waals surface area contributed by atoms with Crippen molar-refractivity contribution in [3.8, 4) is 0 Å². The molecule has 2 rings (SSSR count). The van der Waals surface area contributed by atoms with Crippen LogP contribution in [0.1, 0.15) is 30.7 Å². The van der Waals surface area contributed by atoms with Crippen LogP contribution in [0, 0.1) is 0 Å². The summed E-state index contributed by atoms with van der Waals surface area (Å²) in [7, 11) is 0. The lowest BCUT2D eigenvalue weighted by atomic mass is 9.96. The average molecular weight is 366 g/mol. The zero-order valence-electron chi connectivity index (χ0n) is 11.6. The number of hydrogen-bond acceptors (Lipinski definition) is 2. The van der Waals surface area contributed by atoms with Gasteiger partial charge >= 0.3 is 6.18 Å². The molecular weight excluding hydrogens is 347 g/mol. The van der Waals surface area contributed by atoms with Crippen LogP contribution in [-0.2, 0) is 4.74 Å². The predicted molar refractivity (Wildman–Crippen MR) is 79.4 cm³/mol. The molecule has 0 saturated heterocycles. The number of rotatable bonds is 8. The fourth-order valence-corrected chi connectivity index (χ4v) is 2.57. The van der Waals surface area contributed by atoms with Gasteiger partial charge in [0.2, 0.25) is 0 Å². The van der Waals surface area contributed by atoms with Crippen LogP contribution in [0.15, 0.2) is 28.7 Å². The van der Waals surface area contributed by atoms with Crippen molar-refractivity contribution in [1.29, 1.82) is 0 Å². The quantitative estimate of drug-likeness (QED) is 0.695. The molecular formula is C15H19BrF3NO. The number of nitrogens with one attached hydrogen (secondary N) is 1. The molecule has 1 N–H and O–H groups in total. The third-order valence-corrected chi connectivity index (χ3v) is 3.92. The van der Waals surface area contributed by atoms with Gasteiger partial charge in [0.15, 0.2) is 0 Å². The minimum Gasteiger partial charge on any atom is -0.372 e. The van der Waals surface area contributed by atoms with Gasteiger partial charge in [0.1, 0.15) is 6.61 Å². The smallest absolute Gasteiger partial charge is 0.372 e. The second kappa shape index (κ2) is 7.61. The lowest BCUT2D eigenvalue weighted by molar-refractivity contribution is -0.174. The maximum Gasteiger partial charge on any atom is 0.411 e. The van der Waals surface area contributed by atoms with Crippen LogP contribution < -0.4 is 5.32 Å². The summed E-state index contributed by atoms with van der Waals surface area (Å²) in [5.74, 6) is 0.163. The van der Waals surface area contributed by atoms with Crippen molar-refractivity contribution >= 4 is 15.9 Å². The number of benzene rings is 1. The topological polar surface area (TPSA) is 21.3 Å². The van der Waals surface area contributed by atoms with Crippen LogP contribution >= 0.6 is 15.9 Å². The van der Waals surface area contributed by atoms with Gasteiger partial charge in [-0.1, -0.05) is 28.1 Å². The highest BCUT2D eigenvalue weighted by Crippen LogP contribution is 2.25. The normalized spacial score (nSPS) is 17.0. The number of hydrogen-bond donors (Lipinski definition) is 1. The van der Waals surface area contributed by atoms with Gasteiger partial charge in [-0.25, -0.2) is 0 Å². The van der Waals surface area contributed by atoms with E-state index in [2.05, 4.69) is 21.2 Å². The zero-order valence-corrected chi connectivity index (χ0v) is 13.2. The molecule has 1 fully saturated rings. The Morgan fingerprint density at radius 2 is 2.10 bits per heavy atom. The Hall–Kier alpha value is -0.590. The highest BCUT2D eigenvalue weighted by atomic mass is 79.9. The van der Waals surface area contributed by atoms with Crippen LogP contribution in [0.3, 0.4) is 0 Å². The first kappa shape index (κ1) is 16.8. The van der Waals surface area contributed by atoms with Crippen LogP contribution in [0.25, 0.3) is 0 Å². The molecule has 0 heterocycles. The number of alkyl halides is 3. The molecule has 0 bridgehead atoms. The largest absolute Gasteiger partial charge is 0.411 e. The van der Waals surface area contributed by atoms with Crippen LogP contribution in [-0.4, -0.2) is 32.0 Å². The van der Waals surface area contributed by atoms with Crippen LogP contribution in [0.4, 0.5) is 13.2 Å². The van der Waals surface area contributed by atoms with Crippen molar-refractivity contribution in [3.63, 3.8) is 0 Å². The van der Waals surface area contributed by atoms with Crippen molar-refractivity contribution in [2.24, 2.45) is 0 Å². The van der Waals surface area contributed by atoms with Crippen molar-refractivity contribution in [1.82, 2.24) is 5.32 Å². The molecule has 1 aromatic rings. The molecule has 118 valence electrons. The molecule has 2 nitrogen and oxygen atoms in total. The molecule has 0 amide bonds. The van der Waals surface area contributed by atoms with Gasteiger partial charge in [-0.2, -0.15) is 13.2 Å². The minimum atomic E-state index is -4.25. The first-order valence-corrected chi connectivity index (χ1v) is 7.87. The first-order chi connectivity index (χ1) is 9.94. The van der Waals surface area contributed by atoms with Crippen molar-refractivity contribution in [2.75, 3.05) is 19.8 Å². The Labute approximate surface area is 131 Å². The summed E-state index contributed by atoms with van der Waals surface area (Å²) in [6, 6.07) is 8.49. The van der Waals surface area contributed by atoms with Crippen molar-refractivity contribution in [3.05, 3.63) is 34.3 Å². The summed E-state index contributed by atoms with van der Waals surface area (Å²) in [6.45, 7) is -0.284. The Morgan fingerprint density at radius 1 is 1.33 bits per heavy atom. The molecule has 6 heteroatoms. The highest BCUT2D eigenvalue weighted by Gasteiger charge is 2.27. The molecule has 1 atom stereocenters. The lowest BCUT2D eigenvalue weighted by Crippen LogP contribution is -2.25. The molecule has 0 aromatic heterocycles. The van der Waals surface area contributed by atoms with Crippen molar-refractivity contribution < 1.29 is 17.9 Å².